The number of alkyl halides is 1. The summed E-state index contributed by atoms with van der Waals surface area (Å²) in [7, 11) is 0. The molecule has 1 aromatic heterocycles. The Hall–Kier alpha value is -1.61. The largest absolute Gasteiger partial charge is 0.366 e. The number of rotatable bonds is 4. The van der Waals surface area contributed by atoms with E-state index in [4.69, 9.17) is 11.6 Å². The van der Waals surface area contributed by atoms with Crippen LogP contribution >= 0.6 is 11.6 Å². The predicted octanol–water partition coefficient (Wildman–Crippen LogP) is 3.14. The summed E-state index contributed by atoms with van der Waals surface area (Å²) >= 11 is 5.74. The molecule has 1 aromatic carbocycles. The summed E-state index contributed by atoms with van der Waals surface area (Å²) in [4.78, 5) is 8.33. The van der Waals surface area contributed by atoms with Crippen molar-refractivity contribution >= 4 is 17.4 Å². The van der Waals surface area contributed by atoms with Gasteiger partial charge < -0.3 is 5.32 Å². The highest BCUT2D eigenvalue weighted by atomic mass is 35.5. The van der Waals surface area contributed by atoms with Crippen LogP contribution in [-0.4, -0.2) is 9.97 Å². The van der Waals surface area contributed by atoms with Gasteiger partial charge in [-0.1, -0.05) is 24.3 Å². The molecule has 0 saturated carbocycles. The third kappa shape index (κ3) is 3.43. The van der Waals surface area contributed by atoms with E-state index in [-0.39, 0.29) is 0 Å². The van der Waals surface area contributed by atoms with E-state index in [0.29, 0.717) is 5.88 Å². The highest BCUT2D eigenvalue weighted by molar-refractivity contribution is 6.17. The van der Waals surface area contributed by atoms with E-state index in [1.165, 1.54) is 5.56 Å². The molecular weight excluding hydrogens is 234 g/mol. The van der Waals surface area contributed by atoms with Crippen LogP contribution < -0.4 is 5.32 Å². The van der Waals surface area contributed by atoms with Crippen LogP contribution in [0.1, 0.15) is 17.0 Å². The minimum Gasteiger partial charge on any atom is -0.366 e. The van der Waals surface area contributed by atoms with Crippen LogP contribution in [0.3, 0.4) is 0 Å². The van der Waals surface area contributed by atoms with Crippen molar-refractivity contribution in [1.29, 1.82) is 0 Å². The number of nitrogens with zero attached hydrogens (tertiary/aromatic N) is 2. The SMILES string of the molecule is Cc1nccc(NCc2ccc(CCl)cc2)n1. The molecule has 4 heteroatoms. The predicted molar refractivity (Wildman–Crippen MR) is 70.1 cm³/mol. The second kappa shape index (κ2) is 5.64. The molecule has 0 bridgehead atoms. The van der Waals surface area contributed by atoms with Gasteiger partial charge in [-0.3, -0.25) is 0 Å². The van der Waals surface area contributed by atoms with Gasteiger partial charge in [0, 0.05) is 18.6 Å². The molecule has 2 rings (SSSR count). The van der Waals surface area contributed by atoms with Crippen molar-refractivity contribution in [2.24, 2.45) is 0 Å². The Morgan fingerprint density at radius 2 is 1.82 bits per heavy atom. The summed E-state index contributed by atoms with van der Waals surface area (Å²) in [5.41, 5.74) is 2.34. The number of aromatic nitrogens is 2. The molecule has 0 saturated heterocycles. The molecule has 88 valence electrons. The first-order valence-corrected chi connectivity index (χ1v) is 5.98. The van der Waals surface area contributed by atoms with Gasteiger partial charge in [-0.25, -0.2) is 9.97 Å². The van der Waals surface area contributed by atoms with E-state index in [1.807, 2.05) is 25.1 Å². The Balaban J connectivity index is 1.97. The topological polar surface area (TPSA) is 37.8 Å². The number of hydrogen-bond donors (Lipinski definition) is 1. The molecule has 0 fully saturated rings. The highest BCUT2D eigenvalue weighted by Gasteiger charge is 1.96. The molecule has 1 heterocycles. The zero-order valence-corrected chi connectivity index (χ0v) is 10.4. The van der Waals surface area contributed by atoms with Crippen LogP contribution in [0.4, 0.5) is 5.82 Å². The van der Waals surface area contributed by atoms with Crippen molar-refractivity contribution in [2.75, 3.05) is 5.32 Å². The minimum atomic E-state index is 0.554. The van der Waals surface area contributed by atoms with Crippen molar-refractivity contribution in [3.05, 3.63) is 53.5 Å². The van der Waals surface area contributed by atoms with Gasteiger partial charge in [-0.15, -0.1) is 11.6 Å². The lowest BCUT2D eigenvalue weighted by molar-refractivity contribution is 1.02. The number of hydrogen-bond acceptors (Lipinski definition) is 3. The number of halogens is 1. The second-order valence-corrected chi connectivity index (χ2v) is 4.06. The smallest absolute Gasteiger partial charge is 0.129 e. The van der Waals surface area contributed by atoms with Crippen LogP contribution in [0.15, 0.2) is 36.5 Å². The van der Waals surface area contributed by atoms with E-state index in [0.717, 1.165) is 23.8 Å². The molecule has 0 aliphatic heterocycles. The maximum atomic E-state index is 5.74. The lowest BCUT2D eigenvalue weighted by Gasteiger charge is -2.06. The molecule has 0 amide bonds. The molecule has 0 atom stereocenters. The summed E-state index contributed by atoms with van der Waals surface area (Å²) in [6.07, 6.45) is 1.75. The van der Waals surface area contributed by atoms with Crippen LogP contribution in [0, 0.1) is 6.92 Å². The standard InChI is InChI=1S/C13H14ClN3/c1-10-15-7-6-13(17-10)16-9-12-4-2-11(8-14)3-5-12/h2-7H,8-9H2,1H3,(H,15,16,17). The van der Waals surface area contributed by atoms with Crippen molar-refractivity contribution in [2.45, 2.75) is 19.3 Å². The maximum Gasteiger partial charge on any atom is 0.129 e. The molecule has 2 aromatic rings. The Labute approximate surface area is 106 Å². The van der Waals surface area contributed by atoms with Gasteiger partial charge in [0.25, 0.3) is 0 Å². The van der Waals surface area contributed by atoms with E-state index in [1.54, 1.807) is 6.20 Å². The summed E-state index contributed by atoms with van der Waals surface area (Å²) in [6.45, 7) is 2.62. The zero-order valence-electron chi connectivity index (χ0n) is 9.65. The normalized spacial score (nSPS) is 10.2. The molecule has 0 radical (unpaired) electrons. The fourth-order valence-electron chi connectivity index (χ4n) is 1.49. The number of nitrogens with one attached hydrogen (secondary N) is 1. The van der Waals surface area contributed by atoms with Crippen LogP contribution in [0.2, 0.25) is 0 Å². The molecule has 0 aliphatic rings. The Morgan fingerprint density at radius 3 is 2.47 bits per heavy atom. The minimum absolute atomic E-state index is 0.554. The van der Waals surface area contributed by atoms with Gasteiger partial charge in [-0.05, 0) is 24.1 Å². The molecule has 17 heavy (non-hydrogen) atoms. The van der Waals surface area contributed by atoms with Gasteiger partial charge in [0.15, 0.2) is 0 Å². The number of aryl methyl sites for hydroxylation is 1. The van der Waals surface area contributed by atoms with E-state index in [2.05, 4.69) is 27.4 Å². The lowest BCUT2D eigenvalue weighted by Crippen LogP contribution is -2.02. The maximum absolute atomic E-state index is 5.74. The first-order valence-electron chi connectivity index (χ1n) is 5.45. The first kappa shape index (κ1) is 11.9. The van der Waals surface area contributed by atoms with Gasteiger partial charge in [0.05, 0.1) is 0 Å². The molecular formula is C13H14ClN3. The second-order valence-electron chi connectivity index (χ2n) is 3.79. The quantitative estimate of drug-likeness (QED) is 0.844. The Bertz CT molecular complexity index is 482. The van der Waals surface area contributed by atoms with Crippen molar-refractivity contribution < 1.29 is 0 Å². The molecule has 0 aliphatic carbocycles. The van der Waals surface area contributed by atoms with Crippen LogP contribution in [0.5, 0.6) is 0 Å². The van der Waals surface area contributed by atoms with Crippen LogP contribution in [0.25, 0.3) is 0 Å². The summed E-state index contributed by atoms with van der Waals surface area (Å²) in [5.74, 6) is 2.17. The summed E-state index contributed by atoms with van der Waals surface area (Å²) in [6, 6.07) is 10.1. The molecule has 0 unspecified atom stereocenters. The van der Waals surface area contributed by atoms with Gasteiger partial charge >= 0.3 is 0 Å². The molecule has 0 spiro atoms. The monoisotopic (exact) mass is 247 g/mol. The van der Waals surface area contributed by atoms with Crippen molar-refractivity contribution in [3.63, 3.8) is 0 Å². The van der Waals surface area contributed by atoms with E-state index in [9.17, 15) is 0 Å². The summed E-state index contributed by atoms with van der Waals surface area (Å²) in [5, 5.41) is 3.26. The van der Waals surface area contributed by atoms with E-state index >= 15 is 0 Å². The van der Waals surface area contributed by atoms with Crippen LogP contribution in [-0.2, 0) is 12.4 Å². The average Bonchev–Trinajstić information content (AvgIpc) is 2.37. The van der Waals surface area contributed by atoms with Gasteiger partial charge in [-0.2, -0.15) is 0 Å². The number of benzene rings is 1. The third-order valence-electron chi connectivity index (χ3n) is 2.43. The fraction of sp³-hybridized carbons (Fsp3) is 0.231. The first-order chi connectivity index (χ1) is 8.28. The Morgan fingerprint density at radius 1 is 1.12 bits per heavy atom. The van der Waals surface area contributed by atoms with E-state index < -0.39 is 0 Å². The van der Waals surface area contributed by atoms with Gasteiger partial charge in [0.2, 0.25) is 0 Å². The van der Waals surface area contributed by atoms with Crippen molar-refractivity contribution in [1.82, 2.24) is 9.97 Å². The van der Waals surface area contributed by atoms with Gasteiger partial charge in [0.1, 0.15) is 11.6 Å². The molecule has 1 N–H and O–H groups in total. The highest BCUT2D eigenvalue weighted by Crippen LogP contribution is 2.09. The summed E-state index contributed by atoms with van der Waals surface area (Å²) < 4.78 is 0. The number of anilines is 1. The average molecular weight is 248 g/mol. The zero-order chi connectivity index (χ0) is 12.1. The van der Waals surface area contributed by atoms with Crippen molar-refractivity contribution in [3.8, 4) is 0 Å². The fourth-order valence-corrected chi connectivity index (χ4v) is 1.67. The lowest BCUT2D eigenvalue weighted by atomic mass is 10.1. The third-order valence-corrected chi connectivity index (χ3v) is 2.74. The molecule has 3 nitrogen and oxygen atoms in total. The Kier molecular flexibility index (Phi) is 3.94.